The van der Waals surface area contributed by atoms with Crippen molar-refractivity contribution in [1.82, 2.24) is 4.67 Å². The van der Waals surface area contributed by atoms with Gasteiger partial charge in [0.2, 0.25) is 0 Å². The summed E-state index contributed by atoms with van der Waals surface area (Å²) in [6.07, 6.45) is -0.293. The highest BCUT2D eigenvalue weighted by Crippen LogP contribution is 2.70. The molecule has 0 bridgehead atoms. The molecule has 0 amide bonds. The molecule has 2 unspecified atom stereocenters. The molecule has 2 aromatic rings. The SMILES string of the molecule is CC(C)OC(c1ccccc1)P1(=O)O[C@H](c2ccccc2)[C@H](C)N1C. The van der Waals surface area contributed by atoms with E-state index in [-0.39, 0.29) is 18.2 Å². The van der Waals surface area contributed by atoms with Crippen LogP contribution in [0.1, 0.15) is 43.8 Å². The minimum Gasteiger partial charge on any atom is -0.359 e. The van der Waals surface area contributed by atoms with Gasteiger partial charge in [0, 0.05) is 6.04 Å². The van der Waals surface area contributed by atoms with Crippen LogP contribution in [-0.4, -0.2) is 23.9 Å². The van der Waals surface area contributed by atoms with Gasteiger partial charge in [0.05, 0.1) is 6.10 Å². The fraction of sp³-hybridized carbons (Fsp3) is 0.400. The lowest BCUT2D eigenvalue weighted by Gasteiger charge is -2.30. The van der Waals surface area contributed by atoms with Gasteiger partial charge in [-0.3, -0.25) is 4.57 Å². The van der Waals surface area contributed by atoms with Gasteiger partial charge in [-0.25, -0.2) is 4.67 Å². The Hall–Kier alpha value is -1.45. The van der Waals surface area contributed by atoms with Gasteiger partial charge in [-0.15, -0.1) is 0 Å². The molecule has 5 heteroatoms. The van der Waals surface area contributed by atoms with Crippen molar-refractivity contribution in [1.29, 1.82) is 0 Å². The summed E-state index contributed by atoms with van der Waals surface area (Å²) in [4.78, 5) is 0. The lowest BCUT2D eigenvalue weighted by Crippen LogP contribution is -2.25. The summed E-state index contributed by atoms with van der Waals surface area (Å²) in [5, 5.41) is 0. The maximum Gasteiger partial charge on any atom is 0.305 e. The standard InChI is InChI=1S/C20H26NO3P/c1-15(2)23-20(18-13-9-6-10-14-18)25(22)21(4)16(3)19(24-25)17-11-7-5-8-12-17/h5-16,19-20H,1-4H3/t16-,19-,20?,25?/m0/s1. The zero-order valence-corrected chi connectivity index (χ0v) is 16.1. The van der Waals surface area contributed by atoms with Crippen LogP contribution in [-0.2, 0) is 13.8 Å². The van der Waals surface area contributed by atoms with Crippen LogP contribution >= 0.6 is 7.52 Å². The van der Waals surface area contributed by atoms with Crippen molar-refractivity contribution < 1.29 is 13.8 Å². The molecule has 0 spiro atoms. The van der Waals surface area contributed by atoms with Crippen LogP contribution in [0.15, 0.2) is 60.7 Å². The van der Waals surface area contributed by atoms with Crippen LogP contribution in [0.5, 0.6) is 0 Å². The van der Waals surface area contributed by atoms with E-state index in [9.17, 15) is 4.57 Å². The zero-order valence-electron chi connectivity index (χ0n) is 15.2. The number of ether oxygens (including phenoxy) is 1. The number of hydrogen-bond acceptors (Lipinski definition) is 3. The summed E-state index contributed by atoms with van der Waals surface area (Å²) in [6, 6.07) is 19.7. The number of benzene rings is 2. The number of rotatable bonds is 5. The Balaban J connectivity index is 1.99. The highest BCUT2D eigenvalue weighted by atomic mass is 31.2. The summed E-state index contributed by atoms with van der Waals surface area (Å²) in [7, 11) is -1.34. The smallest absolute Gasteiger partial charge is 0.305 e. The first kappa shape index (κ1) is 18.3. The molecule has 0 aromatic heterocycles. The van der Waals surface area contributed by atoms with E-state index >= 15 is 0 Å². The third kappa shape index (κ3) is 3.58. The molecule has 4 atom stereocenters. The Bertz CT molecular complexity index is 735. The summed E-state index contributed by atoms with van der Waals surface area (Å²) < 4.78 is 28.1. The van der Waals surface area contributed by atoms with Crippen LogP contribution in [0, 0.1) is 0 Å². The van der Waals surface area contributed by atoms with Crippen LogP contribution in [0.2, 0.25) is 0 Å². The monoisotopic (exact) mass is 359 g/mol. The lowest BCUT2D eigenvalue weighted by atomic mass is 10.0. The second-order valence-corrected chi connectivity index (χ2v) is 9.20. The molecule has 2 aromatic carbocycles. The van der Waals surface area contributed by atoms with E-state index in [4.69, 9.17) is 9.26 Å². The van der Waals surface area contributed by atoms with Gasteiger partial charge >= 0.3 is 7.52 Å². The predicted molar refractivity (Wildman–Crippen MR) is 101 cm³/mol. The molecular formula is C20H26NO3P. The van der Waals surface area contributed by atoms with Gasteiger partial charge < -0.3 is 9.26 Å². The molecule has 1 fully saturated rings. The molecule has 3 rings (SSSR count). The maximum atomic E-state index is 14.0. The van der Waals surface area contributed by atoms with E-state index in [1.54, 1.807) is 0 Å². The van der Waals surface area contributed by atoms with Crippen LogP contribution in [0.4, 0.5) is 0 Å². The number of likely N-dealkylation sites (N-methyl/N-ethyl adjacent to an activating group) is 1. The van der Waals surface area contributed by atoms with E-state index in [1.165, 1.54) is 0 Å². The normalized spacial score (nSPS) is 28.4. The maximum absolute atomic E-state index is 14.0. The topological polar surface area (TPSA) is 38.8 Å². The van der Waals surface area contributed by atoms with Crippen LogP contribution in [0.25, 0.3) is 0 Å². The highest BCUT2D eigenvalue weighted by molar-refractivity contribution is 7.57. The van der Waals surface area contributed by atoms with Gasteiger partial charge in [-0.05, 0) is 38.9 Å². The number of hydrogen-bond donors (Lipinski definition) is 0. The molecule has 134 valence electrons. The number of nitrogens with zero attached hydrogens (tertiary/aromatic N) is 1. The van der Waals surface area contributed by atoms with E-state index in [2.05, 4.69) is 6.92 Å². The van der Waals surface area contributed by atoms with Crippen LogP contribution in [0.3, 0.4) is 0 Å². The first-order valence-electron chi connectivity index (χ1n) is 8.70. The molecule has 0 radical (unpaired) electrons. The summed E-state index contributed by atoms with van der Waals surface area (Å²) in [5.74, 6) is -0.602. The van der Waals surface area contributed by atoms with Gasteiger partial charge in [-0.1, -0.05) is 60.7 Å². The summed E-state index contributed by atoms with van der Waals surface area (Å²) in [5.41, 5.74) is 1.92. The van der Waals surface area contributed by atoms with E-state index < -0.39 is 13.4 Å². The molecule has 0 saturated carbocycles. The van der Waals surface area contributed by atoms with Crippen molar-refractivity contribution in [2.24, 2.45) is 0 Å². The molecule has 1 saturated heterocycles. The van der Waals surface area contributed by atoms with Crippen molar-refractivity contribution in [3.05, 3.63) is 71.8 Å². The fourth-order valence-corrected chi connectivity index (χ4v) is 5.99. The Morgan fingerprint density at radius 3 is 2.16 bits per heavy atom. The molecule has 0 N–H and O–H groups in total. The van der Waals surface area contributed by atoms with Gasteiger partial charge in [0.25, 0.3) is 0 Å². The molecule has 4 nitrogen and oxygen atoms in total. The van der Waals surface area contributed by atoms with E-state index in [0.29, 0.717) is 0 Å². The van der Waals surface area contributed by atoms with Crippen molar-refractivity contribution in [3.63, 3.8) is 0 Å². The van der Waals surface area contributed by atoms with Crippen molar-refractivity contribution in [2.75, 3.05) is 7.05 Å². The lowest BCUT2D eigenvalue weighted by molar-refractivity contribution is 0.0398. The van der Waals surface area contributed by atoms with Crippen LogP contribution < -0.4 is 0 Å². The summed E-state index contributed by atoms with van der Waals surface area (Å²) >= 11 is 0. The Morgan fingerprint density at radius 2 is 1.60 bits per heavy atom. The largest absolute Gasteiger partial charge is 0.359 e. The Kier molecular flexibility index (Phi) is 5.45. The minimum atomic E-state index is -3.21. The summed E-state index contributed by atoms with van der Waals surface area (Å²) in [6.45, 7) is 5.96. The average molecular weight is 359 g/mol. The van der Waals surface area contributed by atoms with Crippen molar-refractivity contribution in [2.45, 2.75) is 44.9 Å². The van der Waals surface area contributed by atoms with Crippen molar-refractivity contribution >= 4 is 7.52 Å². The van der Waals surface area contributed by atoms with E-state index in [1.807, 2.05) is 86.2 Å². The first-order chi connectivity index (χ1) is 11.9. The fourth-order valence-electron chi connectivity index (χ4n) is 3.20. The predicted octanol–water partition coefficient (Wildman–Crippen LogP) is 5.40. The molecule has 1 aliphatic rings. The molecular weight excluding hydrogens is 333 g/mol. The van der Waals surface area contributed by atoms with E-state index in [0.717, 1.165) is 11.1 Å². The minimum absolute atomic E-state index is 0.00444. The van der Waals surface area contributed by atoms with Gasteiger partial charge in [0.15, 0.2) is 5.85 Å². The second kappa shape index (κ2) is 7.43. The quantitative estimate of drug-likeness (QED) is 0.671. The third-order valence-corrected chi connectivity index (χ3v) is 7.43. The van der Waals surface area contributed by atoms with Gasteiger partial charge in [-0.2, -0.15) is 0 Å². The molecule has 1 heterocycles. The molecule has 25 heavy (non-hydrogen) atoms. The first-order valence-corrected chi connectivity index (χ1v) is 10.3. The Labute approximate surface area is 150 Å². The molecule has 0 aliphatic carbocycles. The average Bonchev–Trinajstić information content (AvgIpc) is 2.86. The van der Waals surface area contributed by atoms with Gasteiger partial charge in [0.1, 0.15) is 6.10 Å². The second-order valence-electron chi connectivity index (χ2n) is 6.76. The van der Waals surface area contributed by atoms with Crippen molar-refractivity contribution in [3.8, 4) is 0 Å². The highest BCUT2D eigenvalue weighted by Gasteiger charge is 2.52. The molecule has 1 aliphatic heterocycles. The zero-order chi connectivity index (χ0) is 18.0. The third-order valence-electron chi connectivity index (χ3n) is 4.64. The Morgan fingerprint density at radius 1 is 1.04 bits per heavy atom.